The Kier molecular flexibility index (Phi) is 6.13. The average Bonchev–Trinajstić information content (AvgIpc) is 3.35. The van der Waals surface area contributed by atoms with Crippen LogP contribution in [0.25, 0.3) is 5.82 Å². The van der Waals surface area contributed by atoms with Crippen LogP contribution in [-0.4, -0.2) is 32.9 Å². The number of ether oxygens (including phenoxy) is 1. The summed E-state index contributed by atoms with van der Waals surface area (Å²) < 4.78 is 7.05. The summed E-state index contributed by atoms with van der Waals surface area (Å²) in [5.41, 5.74) is 2.15. The van der Waals surface area contributed by atoms with Crippen LogP contribution in [-0.2, 0) is 13.0 Å². The predicted octanol–water partition coefficient (Wildman–Crippen LogP) is 3.93. The van der Waals surface area contributed by atoms with Gasteiger partial charge in [-0.1, -0.05) is 12.2 Å². The molecule has 1 aliphatic heterocycles. The van der Waals surface area contributed by atoms with Crippen molar-refractivity contribution in [3.8, 4) is 5.75 Å². The summed E-state index contributed by atoms with van der Waals surface area (Å²) in [4.78, 5) is 10.2. The van der Waals surface area contributed by atoms with Crippen molar-refractivity contribution < 1.29 is 4.74 Å². The van der Waals surface area contributed by atoms with E-state index in [0.717, 1.165) is 53.2 Å². The number of rotatable bonds is 8. The lowest BCUT2D eigenvalue weighted by atomic mass is 10.1. The molecule has 0 spiro atoms. The molecule has 4 heterocycles. The van der Waals surface area contributed by atoms with Gasteiger partial charge in [0.2, 0.25) is 0 Å². The Morgan fingerprint density at radius 2 is 2.20 bits per heavy atom. The van der Waals surface area contributed by atoms with E-state index in [4.69, 9.17) is 4.74 Å². The number of aryl methyl sites for hydroxylation is 3. The number of nitrogens with zero attached hydrogens (tertiary/aromatic N) is 4. The summed E-state index contributed by atoms with van der Waals surface area (Å²) in [7, 11) is 1.65. The first-order valence-corrected chi connectivity index (χ1v) is 10.8. The average molecular weight is 423 g/mol. The molecule has 0 fully saturated rings. The van der Waals surface area contributed by atoms with Gasteiger partial charge in [0.1, 0.15) is 17.4 Å². The molecule has 0 saturated heterocycles. The second kappa shape index (κ2) is 9.13. The maximum Gasteiger partial charge on any atom is 0.137 e. The Hall–Kier alpha value is -3.13. The van der Waals surface area contributed by atoms with Gasteiger partial charge in [0.15, 0.2) is 0 Å². The Morgan fingerprint density at radius 3 is 2.93 bits per heavy atom. The van der Waals surface area contributed by atoms with Crippen LogP contribution in [0.15, 0.2) is 48.8 Å². The Labute approximate surface area is 180 Å². The van der Waals surface area contributed by atoms with Crippen molar-refractivity contribution in [2.75, 3.05) is 12.4 Å². The van der Waals surface area contributed by atoms with Crippen LogP contribution in [0.4, 0.5) is 5.82 Å². The third-order valence-electron chi connectivity index (χ3n) is 4.90. The molecule has 0 aromatic carbocycles. The zero-order valence-corrected chi connectivity index (χ0v) is 18.2. The second-order valence-electron chi connectivity index (χ2n) is 7.10. The maximum atomic E-state index is 5.15. The molecule has 30 heavy (non-hydrogen) atoms. The molecule has 0 bridgehead atoms. The number of methoxy groups -OCH3 is 1. The number of fused-ring (bicyclic) bond motifs is 1. The molecule has 0 aliphatic carbocycles. The van der Waals surface area contributed by atoms with Gasteiger partial charge in [-0.25, -0.2) is 9.67 Å². The molecule has 0 radical (unpaired) electrons. The normalized spacial score (nSPS) is 15.6. The fraction of sp³-hybridized carbons (Fsp3) is 0.318. The van der Waals surface area contributed by atoms with Gasteiger partial charge in [0.25, 0.3) is 0 Å². The minimum Gasteiger partial charge on any atom is -0.495 e. The minimum absolute atomic E-state index is 0.102. The largest absolute Gasteiger partial charge is 0.495 e. The molecular weight excluding hydrogens is 396 g/mol. The van der Waals surface area contributed by atoms with Crippen molar-refractivity contribution in [3.05, 3.63) is 70.1 Å². The zero-order valence-electron chi connectivity index (χ0n) is 17.4. The molecule has 1 unspecified atom stereocenters. The molecule has 8 heteroatoms. The molecule has 4 rings (SSSR count). The lowest BCUT2D eigenvalue weighted by Gasteiger charge is -2.23. The van der Waals surface area contributed by atoms with E-state index >= 15 is 0 Å². The number of aromatic nitrogens is 4. The number of hydrogen-bond donors (Lipinski definition) is 2. The second-order valence-corrected chi connectivity index (χ2v) is 8.39. The molecule has 3 aromatic rings. The number of nitrogens with one attached hydrogen (secondary N) is 2. The first kappa shape index (κ1) is 20.2. The van der Waals surface area contributed by atoms with Gasteiger partial charge in [0, 0.05) is 16.6 Å². The molecule has 0 amide bonds. The molecule has 1 atom stereocenters. The van der Waals surface area contributed by atoms with Crippen LogP contribution in [0.2, 0.25) is 0 Å². The van der Waals surface area contributed by atoms with E-state index in [1.807, 2.05) is 29.8 Å². The molecule has 3 aromatic heterocycles. The van der Waals surface area contributed by atoms with Gasteiger partial charge < -0.3 is 15.4 Å². The SMILES string of the molecule is COc1ccc(CC/C=C/C2C=C(NCc3sc(C)nc3C)n3nccc3N2)nc1. The summed E-state index contributed by atoms with van der Waals surface area (Å²) in [5.74, 6) is 2.74. The fourth-order valence-corrected chi connectivity index (χ4v) is 4.23. The lowest BCUT2D eigenvalue weighted by Crippen LogP contribution is -2.29. The number of allylic oxidation sites excluding steroid dienone is 1. The van der Waals surface area contributed by atoms with Crippen molar-refractivity contribution in [1.82, 2.24) is 25.1 Å². The van der Waals surface area contributed by atoms with Crippen molar-refractivity contribution >= 4 is 23.0 Å². The van der Waals surface area contributed by atoms with Crippen LogP contribution in [0.3, 0.4) is 0 Å². The van der Waals surface area contributed by atoms with E-state index in [-0.39, 0.29) is 6.04 Å². The van der Waals surface area contributed by atoms with Crippen LogP contribution < -0.4 is 15.4 Å². The van der Waals surface area contributed by atoms with E-state index < -0.39 is 0 Å². The van der Waals surface area contributed by atoms with E-state index in [1.54, 1.807) is 30.8 Å². The van der Waals surface area contributed by atoms with E-state index in [2.05, 4.69) is 50.9 Å². The number of thiazole rings is 1. The summed E-state index contributed by atoms with van der Waals surface area (Å²) in [6.07, 6.45) is 11.9. The number of hydrogen-bond acceptors (Lipinski definition) is 7. The van der Waals surface area contributed by atoms with E-state index in [0.29, 0.717) is 0 Å². The fourth-order valence-electron chi connectivity index (χ4n) is 3.36. The summed E-state index contributed by atoms with van der Waals surface area (Å²) >= 11 is 1.73. The van der Waals surface area contributed by atoms with Gasteiger partial charge >= 0.3 is 0 Å². The Balaban J connectivity index is 1.38. The highest BCUT2D eigenvalue weighted by Crippen LogP contribution is 2.22. The van der Waals surface area contributed by atoms with Crippen LogP contribution in [0, 0.1) is 13.8 Å². The Morgan fingerprint density at radius 1 is 1.30 bits per heavy atom. The van der Waals surface area contributed by atoms with Crippen molar-refractivity contribution in [1.29, 1.82) is 0 Å². The van der Waals surface area contributed by atoms with Gasteiger partial charge in [-0.2, -0.15) is 5.10 Å². The highest BCUT2D eigenvalue weighted by atomic mass is 32.1. The smallest absolute Gasteiger partial charge is 0.137 e. The third kappa shape index (κ3) is 4.71. The molecule has 7 nitrogen and oxygen atoms in total. The van der Waals surface area contributed by atoms with Gasteiger partial charge in [-0.05, 0) is 44.9 Å². The van der Waals surface area contributed by atoms with Crippen molar-refractivity contribution in [3.63, 3.8) is 0 Å². The summed E-state index contributed by atoms with van der Waals surface area (Å²) in [6, 6.07) is 6.04. The van der Waals surface area contributed by atoms with Crippen LogP contribution in [0.1, 0.15) is 27.7 Å². The van der Waals surface area contributed by atoms with Gasteiger partial charge in [-0.15, -0.1) is 11.3 Å². The number of anilines is 1. The third-order valence-corrected chi connectivity index (χ3v) is 5.97. The standard InChI is InChI=1S/C22H26N6OS/c1-15-20(30-16(2)26-15)14-24-22-12-18(27-21-10-11-25-28(21)22)7-5-4-6-17-8-9-19(29-3)13-23-17/h5,7-13,18,24,27H,4,6,14H2,1-3H3/b7-5+. The Bertz CT molecular complexity index is 1050. The summed E-state index contributed by atoms with van der Waals surface area (Å²) in [6.45, 7) is 4.83. The van der Waals surface area contributed by atoms with E-state index in [9.17, 15) is 0 Å². The molecule has 0 saturated carbocycles. The van der Waals surface area contributed by atoms with Crippen LogP contribution >= 0.6 is 11.3 Å². The quantitative estimate of drug-likeness (QED) is 0.536. The zero-order chi connectivity index (χ0) is 20.9. The molecule has 2 N–H and O–H groups in total. The maximum absolute atomic E-state index is 5.15. The summed E-state index contributed by atoms with van der Waals surface area (Å²) in [5, 5.41) is 12.5. The monoisotopic (exact) mass is 422 g/mol. The molecule has 156 valence electrons. The van der Waals surface area contributed by atoms with Crippen molar-refractivity contribution in [2.24, 2.45) is 0 Å². The first-order valence-electron chi connectivity index (χ1n) is 9.97. The minimum atomic E-state index is 0.102. The van der Waals surface area contributed by atoms with Crippen molar-refractivity contribution in [2.45, 2.75) is 39.3 Å². The van der Waals surface area contributed by atoms with Gasteiger partial charge in [0.05, 0.1) is 42.8 Å². The van der Waals surface area contributed by atoms with Gasteiger partial charge in [-0.3, -0.25) is 4.98 Å². The highest BCUT2D eigenvalue weighted by Gasteiger charge is 2.17. The lowest BCUT2D eigenvalue weighted by molar-refractivity contribution is 0.412. The van der Waals surface area contributed by atoms with Crippen LogP contribution in [0.5, 0.6) is 5.75 Å². The first-order chi connectivity index (χ1) is 14.6. The van der Waals surface area contributed by atoms with E-state index in [1.165, 1.54) is 4.88 Å². The molecular formula is C22H26N6OS. The number of pyridine rings is 1. The predicted molar refractivity (Wildman–Crippen MR) is 121 cm³/mol. The highest BCUT2D eigenvalue weighted by molar-refractivity contribution is 7.11. The molecule has 1 aliphatic rings. The topological polar surface area (TPSA) is 76.9 Å².